The third kappa shape index (κ3) is 4.21. The van der Waals surface area contributed by atoms with Crippen LogP contribution < -0.4 is 4.72 Å². The normalized spacial score (nSPS) is 11.1. The number of hydrogen-bond donors (Lipinski definition) is 2. The lowest BCUT2D eigenvalue weighted by atomic mass is 10.2. The van der Waals surface area contributed by atoms with Gasteiger partial charge in [0, 0.05) is 10.7 Å². The van der Waals surface area contributed by atoms with Gasteiger partial charge in [-0.25, -0.2) is 8.42 Å². The molecule has 0 spiro atoms. The van der Waals surface area contributed by atoms with Crippen LogP contribution in [-0.2, 0) is 21.2 Å². The molecular weight excluding hydrogens is 314 g/mol. The van der Waals surface area contributed by atoms with Crippen LogP contribution in [0.4, 0.5) is 5.69 Å². The van der Waals surface area contributed by atoms with Crippen LogP contribution in [0, 0.1) is 0 Å². The van der Waals surface area contributed by atoms with Crippen molar-refractivity contribution in [3.63, 3.8) is 0 Å². The maximum absolute atomic E-state index is 12.2. The van der Waals surface area contributed by atoms with E-state index in [1.807, 2.05) is 0 Å². The molecule has 2 N–H and O–H groups in total. The van der Waals surface area contributed by atoms with Gasteiger partial charge in [0.25, 0.3) is 10.0 Å². The maximum atomic E-state index is 12.2. The number of aliphatic carboxylic acids is 1. The van der Waals surface area contributed by atoms with Gasteiger partial charge >= 0.3 is 5.97 Å². The van der Waals surface area contributed by atoms with Gasteiger partial charge in [-0.3, -0.25) is 9.52 Å². The smallest absolute Gasteiger partial charge is 0.307 e. The van der Waals surface area contributed by atoms with Crippen molar-refractivity contribution >= 4 is 33.3 Å². The number of anilines is 1. The summed E-state index contributed by atoms with van der Waals surface area (Å²) in [6.07, 6.45) is -0.148. The van der Waals surface area contributed by atoms with E-state index in [0.29, 0.717) is 16.3 Å². The fourth-order valence-corrected chi connectivity index (χ4v) is 2.88. The molecule has 7 heteroatoms. The van der Waals surface area contributed by atoms with Gasteiger partial charge in [-0.05, 0) is 42.0 Å². The van der Waals surface area contributed by atoms with Crippen molar-refractivity contribution in [2.45, 2.75) is 11.3 Å². The van der Waals surface area contributed by atoms with Crippen molar-refractivity contribution in [2.75, 3.05) is 4.72 Å². The number of halogens is 1. The molecule has 0 bridgehead atoms. The van der Waals surface area contributed by atoms with Crippen molar-refractivity contribution < 1.29 is 18.3 Å². The molecule has 0 aromatic heterocycles. The molecule has 0 aliphatic heterocycles. The average Bonchev–Trinajstić information content (AvgIpc) is 2.41. The van der Waals surface area contributed by atoms with Crippen molar-refractivity contribution in [3.8, 4) is 0 Å². The van der Waals surface area contributed by atoms with Crippen LogP contribution in [0.25, 0.3) is 0 Å². The van der Waals surface area contributed by atoms with Crippen LogP contribution in [0.5, 0.6) is 0 Å². The Kier molecular flexibility index (Phi) is 4.50. The second-order valence-electron chi connectivity index (χ2n) is 4.33. The molecular formula is C14H12ClNO4S. The lowest BCUT2D eigenvalue weighted by molar-refractivity contribution is -0.136. The molecule has 0 radical (unpaired) electrons. The van der Waals surface area contributed by atoms with Gasteiger partial charge in [-0.15, -0.1) is 0 Å². The van der Waals surface area contributed by atoms with E-state index in [-0.39, 0.29) is 11.3 Å². The average molecular weight is 326 g/mol. The summed E-state index contributed by atoms with van der Waals surface area (Å²) in [4.78, 5) is 10.6. The van der Waals surface area contributed by atoms with Gasteiger partial charge in [-0.2, -0.15) is 0 Å². The molecule has 0 atom stereocenters. The second kappa shape index (κ2) is 6.15. The summed E-state index contributed by atoms with van der Waals surface area (Å²) in [6.45, 7) is 0. The van der Waals surface area contributed by atoms with Crippen LogP contribution in [0.1, 0.15) is 5.56 Å². The summed E-state index contributed by atoms with van der Waals surface area (Å²) < 4.78 is 26.7. The van der Waals surface area contributed by atoms with Gasteiger partial charge in [-0.1, -0.05) is 23.7 Å². The van der Waals surface area contributed by atoms with Gasteiger partial charge in [0.05, 0.1) is 11.3 Å². The molecule has 2 aromatic rings. The third-order valence-electron chi connectivity index (χ3n) is 2.69. The molecule has 0 saturated carbocycles. The van der Waals surface area contributed by atoms with Crippen LogP contribution in [0.3, 0.4) is 0 Å². The lowest BCUT2D eigenvalue weighted by Gasteiger charge is -2.08. The first-order valence-electron chi connectivity index (χ1n) is 5.96. The summed E-state index contributed by atoms with van der Waals surface area (Å²) >= 11 is 5.73. The molecule has 110 valence electrons. The van der Waals surface area contributed by atoms with E-state index in [1.165, 1.54) is 24.3 Å². The number of carboxylic acids is 1. The molecule has 2 aromatic carbocycles. The summed E-state index contributed by atoms with van der Waals surface area (Å²) in [6, 6.07) is 12.0. The van der Waals surface area contributed by atoms with Crippen molar-refractivity contribution in [3.05, 3.63) is 59.1 Å². The topological polar surface area (TPSA) is 83.5 Å². The summed E-state index contributed by atoms with van der Waals surface area (Å²) in [7, 11) is -3.71. The summed E-state index contributed by atoms with van der Waals surface area (Å²) in [5.74, 6) is -0.968. The number of sulfonamides is 1. The van der Waals surface area contributed by atoms with Gasteiger partial charge < -0.3 is 5.11 Å². The molecule has 21 heavy (non-hydrogen) atoms. The van der Waals surface area contributed by atoms with Crippen LogP contribution in [0.2, 0.25) is 5.02 Å². The van der Waals surface area contributed by atoms with Crippen LogP contribution in [0.15, 0.2) is 53.4 Å². The zero-order valence-electron chi connectivity index (χ0n) is 10.8. The monoisotopic (exact) mass is 325 g/mol. The zero-order chi connectivity index (χ0) is 15.5. The van der Waals surface area contributed by atoms with E-state index in [4.69, 9.17) is 16.7 Å². The van der Waals surface area contributed by atoms with Gasteiger partial charge in [0.1, 0.15) is 0 Å². The Hall–Kier alpha value is -2.05. The molecule has 0 fully saturated rings. The van der Waals surface area contributed by atoms with E-state index < -0.39 is 16.0 Å². The molecule has 0 unspecified atom stereocenters. The van der Waals surface area contributed by atoms with Gasteiger partial charge in [0.15, 0.2) is 0 Å². The Balaban J connectivity index is 2.19. The minimum Gasteiger partial charge on any atom is -0.481 e. The zero-order valence-corrected chi connectivity index (χ0v) is 12.4. The molecule has 0 heterocycles. The fourth-order valence-electron chi connectivity index (χ4n) is 1.69. The Morgan fingerprint density at radius 2 is 1.62 bits per heavy atom. The molecule has 0 aliphatic rings. The van der Waals surface area contributed by atoms with E-state index in [9.17, 15) is 13.2 Å². The number of carboxylic acid groups (broad SMARTS) is 1. The Morgan fingerprint density at radius 1 is 1.05 bits per heavy atom. The number of benzene rings is 2. The standard InChI is InChI=1S/C14H12ClNO4S/c15-11-3-5-12(6-4-11)16-21(19,20)13-7-1-10(2-8-13)9-14(17)18/h1-8,16H,9H2,(H,17,18). The Morgan fingerprint density at radius 3 is 2.14 bits per heavy atom. The Labute approximate surface area is 127 Å². The van der Waals surface area contributed by atoms with Crippen molar-refractivity contribution in [1.29, 1.82) is 0 Å². The molecule has 0 saturated heterocycles. The second-order valence-corrected chi connectivity index (χ2v) is 6.45. The molecule has 5 nitrogen and oxygen atoms in total. The molecule has 2 rings (SSSR count). The number of rotatable bonds is 5. The molecule has 0 aliphatic carbocycles. The SMILES string of the molecule is O=C(O)Cc1ccc(S(=O)(=O)Nc2ccc(Cl)cc2)cc1. The largest absolute Gasteiger partial charge is 0.481 e. The quantitative estimate of drug-likeness (QED) is 0.885. The van der Waals surface area contributed by atoms with E-state index in [2.05, 4.69) is 4.72 Å². The molecule has 0 amide bonds. The highest BCUT2D eigenvalue weighted by molar-refractivity contribution is 7.92. The predicted molar refractivity (Wildman–Crippen MR) is 80.0 cm³/mol. The fraction of sp³-hybridized carbons (Fsp3) is 0.0714. The highest BCUT2D eigenvalue weighted by Crippen LogP contribution is 2.18. The maximum Gasteiger partial charge on any atom is 0.307 e. The number of carbonyl (C=O) groups is 1. The first-order valence-corrected chi connectivity index (χ1v) is 7.82. The van der Waals surface area contributed by atoms with Crippen LogP contribution >= 0.6 is 11.6 Å². The van der Waals surface area contributed by atoms with Crippen LogP contribution in [-0.4, -0.2) is 19.5 Å². The van der Waals surface area contributed by atoms with Crippen molar-refractivity contribution in [1.82, 2.24) is 0 Å². The van der Waals surface area contributed by atoms with E-state index in [1.54, 1.807) is 24.3 Å². The number of hydrogen-bond acceptors (Lipinski definition) is 3. The number of nitrogens with one attached hydrogen (secondary N) is 1. The van der Waals surface area contributed by atoms with E-state index >= 15 is 0 Å². The first-order chi connectivity index (χ1) is 9.87. The highest BCUT2D eigenvalue weighted by Gasteiger charge is 2.14. The van der Waals surface area contributed by atoms with E-state index in [0.717, 1.165) is 0 Å². The minimum absolute atomic E-state index is 0.0617. The van der Waals surface area contributed by atoms with Gasteiger partial charge in [0.2, 0.25) is 0 Å². The summed E-state index contributed by atoms with van der Waals surface area (Å²) in [5.41, 5.74) is 0.932. The highest BCUT2D eigenvalue weighted by atomic mass is 35.5. The lowest BCUT2D eigenvalue weighted by Crippen LogP contribution is -2.13. The minimum atomic E-state index is -3.71. The first kappa shape index (κ1) is 15.3. The summed E-state index contributed by atoms with van der Waals surface area (Å²) in [5, 5.41) is 9.18. The van der Waals surface area contributed by atoms with Crippen molar-refractivity contribution in [2.24, 2.45) is 0 Å². The Bertz CT molecular complexity index is 740. The third-order valence-corrected chi connectivity index (χ3v) is 4.33. The predicted octanol–water partition coefficient (Wildman–Crippen LogP) is 2.77.